The van der Waals surface area contributed by atoms with Gasteiger partial charge in [0.1, 0.15) is 0 Å². The van der Waals surface area contributed by atoms with Crippen LogP contribution in [0.4, 0.5) is 0 Å². The van der Waals surface area contributed by atoms with E-state index in [2.05, 4.69) is 5.10 Å². The summed E-state index contributed by atoms with van der Waals surface area (Å²) in [5.74, 6) is -0.841. The van der Waals surface area contributed by atoms with Crippen LogP contribution in [0.25, 0.3) is 11.3 Å². The summed E-state index contributed by atoms with van der Waals surface area (Å²) in [6.45, 7) is 3.02. The molecular formula is C17H18N2O5S. The lowest BCUT2D eigenvalue weighted by molar-refractivity contribution is 0.0517. The highest BCUT2D eigenvalue weighted by Gasteiger charge is 2.37. The molecule has 7 nitrogen and oxygen atoms in total. The van der Waals surface area contributed by atoms with Gasteiger partial charge >= 0.3 is 5.97 Å². The van der Waals surface area contributed by atoms with Crippen LogP contribution in [0, 0.1) is 0 Å². The van der Waals surface area contributed by atoms with E-state index in [9.17, 15) is 13.2 Å². The minimum absolute atomic E-state index is 0.0224. The largest absolute Gasteiger partial charge is 0.461 e. The molecule has 3 heterocycles. The molecule has 1 aromatic carbocycles. The number of carbonyl (C=O) groups is 1. The predicted molar refractivity (Wildman–Crippen MR) is 89.0 cm³/mol. The minimum atomic E-state index is -3.53. The molecule has 4 rings (SSSR count). The summed E-state index contributed by atoms with van der Waals surface area (Å²) in [6, 6.07) is 6.82. The van der Waals surface area contributed by atoms with Crippen LogP contribution >= 0.6 is 0 Å². The van der Waals surface area contributed by atoms with Crippen molar-refractivity contribution in [3.05, 3.63) is 35.5 Å². The Morgan fingerprint density at radius 1 is 1.40 bits per heavy atom. The van der Waals surface area contributed by atoms with Crippen molar-refractivity contribution < 1.29 is 22.7 Å². The summed E-state index contributed by atoms with van der Waals surface area (Å²) >= 11 is 0. The third kappa shape index (κ3) is 2.56. The van der Waals surface area contributed by atoms with Gasteiger partial charge in [-0.1, -0.05) is 18.2 Å². The quantitative estimate of drug-likeness (QED) is 0.776. The van der Waals surface area contributed by atoms with Gasteiger partial charge in [-0.15, -0.1) is 0 Å². The second kappa shape index (κ2) is 5.96. The number of sulfone groups is 1. The van der Waals surface area contributed by atoms with Crippen molar-refractivity contribution >= 4 is 15.8 Å². The number of hydrogen-bond donors (Lipinski definition) is 0. The van der Waals surface area contributed by atoms with Crippen molar-refractivity contribution in [2.24, 2.45) is 0 Å². The molecule has 1 saturated heterocycles. The molecule has 2 aromatic rings. The lowest BCUT2D eigenvalue weighted by atomic mass is 10.0. The highest BCUT2D eigenvalue weighted by Crippen LogP contribution is 2.41. The second-order valence-corrected chi connectivity index (χ2v) is 8.07. The Morgan fingerprint density at radius 3 is 2.92 bits per heavy atom. The van der Waals surface area contributed by atoms with Gasteiger partial charge in [0.25, 0.3) is 0 Å². The number of ether oxygens (including phenoxy) is 2. The standard InChI is InChI=1S/C17H18N2O5S/c1-2-24-17(20)15-13-10-25(21,22)14-6-4-3-5-12(14)16(13)19(18-15)11-7-8-23-9-11/h3-6,11H,2,7-10H2,1H3. The second-order valence-electron chi connectivity index (χ2n) is 6.11. The third-order valence-electron chi connectivity index (χ3n) is 4.54. The van der Waals surface area contributed by atoms with Crippen molar-refractivity contribution in [3.8, 4) is 11.3 Å². The Kier molecular flexibility index (Phi) is 3.88. The van der Waals surface area contributed by atoms with Crippen LogP contribution in [0.3, 0.4) is 0 Å². The van der Waals surface area contributed by atoms with Crippen LogP contribution in [-0.4, -0.2) is 44.0 Å². The van der Waals surface area contributed by atoms with Gasteiger partial charge in [-0.25, -0.2) is 13.2 Å². The number of fused-ring (bicyclic) bond motifs is 3. The Labute approximate surface area is 145 Å². The van der Waals surface area contributed by atoms with E-state index in [-0.39, 0.29) is 29.0 Å². The van der Waals surface area contributed by atoms with E-state index in [1.54, 1.807) is 35.9 Å². The number of benzene rings is 1. The molecule has 0 aliphatic carbocycles. The van der Waals surface area contributed by atoms with Gasteiger partial charge in [0, 0.05) is 17.7 Å². The van der Waals surface area contributed by atoms with Crippen molar-refractivity contribution in [2.45, 2.75) is 30.0 Å². The Bertz CT molecular complexity index is 942. The molecule has 132 valence electrons. The Morgan fingerprint density at radius 2 is 2.20 bits per heavy atom. The molecular weight excluding hydrogens is 344 g/mol. The first-order valence-electron chi connectivity index (χ1n) is 8.21. The van der Waals surface area contributed by atoms with Gasteiger partial charge in [-0.2, -0.15) is 5.10 Å². The van der Waals surface area contributed by atoms with Crippen LogP contribution in [0.2, 0.25) is 0 Å². The molecule has 0 N–H and O–H groups in total. The number of nitrogens with zero attached hydrogens (tertiary/aromatic N) is 2. The van der Waals surface area contributed by atoms with Crippen molar-refractivity contribution in [1.29, 1.82) is 0 Å². The third-order valence-corrected chi connectivity index (χ3v) is 6.24. The predicted octanol–water partition coefficient (Wildman–Crippen LogP) is 1.98. The van der Waals surface area contributed by atoms with Crippen molar-refractivity contribution in [3.63, 3.8) is 0 Å². The summed E-state index contributed by atoms with van der Waals surface area (Å²) in [5.41, 5.74) is 1.77. The molecule has 0 radical (unpaired) electrons. The zero-order valence-corrected chi connectivity index (χ0v) is 14.6. The zero-order chi connectivity index (χ0) is 17.6. The smallest absolute Gasteiger partial charge is 0.359 e. The van der Waals surface area contributed by atoms with E-state index in [4.69, 9.17) is 9.47 Å². The number of esters is 1. The molecule has 2 aliphatic rings. The molecule has 1 unspecified atom stereocenters. The van der Waals surface area contributed by atoms with Crippen LogP contribution in [-0.2, 0) is 25.1 Å². The Hall–Kier alpha value is -2.19. The van der Waals surface area contributed by atoms with Crippen molar-refractivity contribution in [1.82, 2.24) is 9.78 Å². The monoisotopic (exact) mass is 362 g/mol. The van der Waals surface area contributed by atoms with Gasteiger partial charge in [0.05, 0.1) is 35.6 Å². The molecule has 0 bridgehead atoms. The van der Waals surface area contributed by atoms with E-state index in [0.29, 0.717) is 30.0 Å². The van der Waals surface area contributed by atoms with Gasteiger partial charge in [0.2, 0.25) is 0 Å². The average Bonchev–Trinajstić information content (AvgIpc) is 3.22. The topological polar surface area (TPSA) is 87.5 Å². The SMILES string of the molecule is CCOC(=O)c1nn(C2CCOC2)c2c1CS(=O)(=O)c1ccccc1-2. The van der Waals surface area contributed by atoms with Gasteiger partial charge in [0.15, 0.2) is 15.5 Å². The number of hydrogen-bond acceptors (Lipinski definition) is 6. The summed E-state index contributed by atoms with van der Waals surface area (Å²) in [7, 11) is -3.53. The van der Waals surface area contributed by atoms with Crippen LogP contribution in [0.5, 0.6) is 0 Å². The maximum atomic E-state index is 12.7. The summed E-state index contributed by atoms with van der Waals surface area (Å²) in [4.78, 5) is 12.6. The molecule has 25 heavy (non-hydrogen) atoms. The van der Waals surface area contributed by atoms with E-state index >= 15 is 0 Å². The molecule has 0 saturated carbocycles. The first kappa shape index (κ1) is 16.3. The highest BCUT2D eigenvalue weighted by atomic mass is 32.2. The normalized spacial score (nSPS) is 20.8. The molecule has 0 spiro atoms. The fourth-order valence-corrected chi connectivity index (χ4v) is 5.03. The van der Waals surface area contributed by atoms with E-state index in [1.807, 2.05) is 0 Å². The summed E-state index contributed by atoms with van der Waals surface area (Å²) < 4.78 is 37.7. The van der Waals surface area contributed by atoms with Crippen LogP contribution in [0.15, 0.2) is 29.2 Å². The number of aromatic nitrogens is 2. The van der Waals surface area contributed by atoms with Gasteiger partial charge in [-0.3, -0.25) is 4.68 Å². The van der Waals surface area contributed by atoms with Crippen LogP contribution < -0.4 is 0 Å². The average molecular weight is 362 g/mol. The molecule has 1 aromatic heterocycles. The lowest BCUT2D eigenvalue weighted by Gasteiger charge is -2.20. The summed E-state index contributed by atoms with van der Waals surface area (Å²) in [5, 5.41) is 4.45. The van der Waals surface area contributed by atoms with Crippen molar-refractivity contribution in [2.75, 3.05) is 19.8 Å². The van der Waals surface area contributed by atoms with Gasteiger partial charge in [-0.05, 0) is 19.4 Å². The summed E-state index contributed by atoms with van der Waals surface area (Å²) in [6.07, 6.45) is 0.769. The number of rotatable bonds is 3. The minimum Gasteiger partial charge on any atom is -0.461 e. The molecule has 2 aliphatic heterocycles. The van der Waals surface area contributed by atoms with E-state index in [1.165, 1.54) is 0 Å². The molecule has 1 atom stereocenters. The molecule has 0 amide bonds. The zero-order valence-electron chi connectivity index (χ0n) is 13.8. The lowest BCUT2D eigenvalue weighted by Crippen LogP contribution is -2.17. The van der Waals surface area contributed by atoms with E-state index < -0.39 is 15.8 Å². The maximum Gasteiger partial charge on any atom is 0.359 e. The van der Waals surface area contributed by atoms with E-state index in [0.717, 1.165) is 6.42 Å². The molecule has 8 heteroatoms. The number of carbonyl (C=O) groups excluding carboxylic acids is 1. The van der Waals surface area contributed by atoms with Crippen LogP contribution in [0.1, 0.15) is 35.4 Å². The maximum absolute atomic E-state index is 12.7. The molecule has 1 fully saturated rings. The fourth-order valence-electron chi connectivity index (χ4n) is 3.44. The highest BCUT2D eigenvalue weighted by molar-refractivity contribution is 7.90. The first-order chi connectivity index (χ1) is 12.0. The first-order valence-corrected chi connectivity index (χ1v) is 9.86. The fraction of sp³-hybridized carbons (Fsp3) is 0.412. The van der Waals surface area contributed by atoms with Gasteiger partial charge < -0.3 is 9.47 Å². The Balaban J connectivity index is 1.98.